The molecule has 0 aliphatic heterocycles. The number of hydrogen-bond acceptors (Lipinski definition) is 1. The number of rotatable bonds is 9. The van der Waals surface area contributed by atoms with E-state index in [-0.39, 0.29) is 5.92 Å². The maximum atomic E-state index is 10.6. The summed E-state index contributed by atoms with van der Waals surface area (Å²) in [4.78, 5) is 10.6. The molecule has 0 aliphatic rings. The van der Waals surface area contributed by atoms with Gasteiger partial charge in [-0.25, -0.2) is 0 Å². The molecular weight excluding hydrogens is 200 g/mol. The van der Waals surface area contributed by atoms with E-state index in [1.807, 2.05) is 0 Å². The zero-order valence-corrected chi connectivity index (χ0v) is 11.3. The third-order valence-electron chi connectivity index (χ3n) is 3.24. The Kier molecular flexibility index (Phi) is 8.32. The lowest BCUT2D eigenvalue weighted by atomic mass is 9.93. The normalized spacial score (nSPS) is 15.1. The van der Waals surface area contributed by atoms with Crippen LogP contribution in [0.2, 0.25) is 0 Å². The first-order valence-electron chi connectivity index (χ1n) is 6.66. The zero-order chi connectivity index (χ0) is 12.6. The molecule has 2 atom stereocenters. The topological polar surface area (TPSA) is 37.3 Å². The molecule has 16 heavy (non-hydrogen) atoms. The molecule has 2 nitrogen and oxygen atoms in total. The molecule has 2 unspecified atom stereocenters. The first-order chi connectivity index (χ1) is 7.43. The molecule has 0 rings (SSSR count). The van der Waals surface area contributed by atoms with Gasteiger partial charge in [-0.1, -0.05) is 53.4 Å². The molecule has 0 saturated heterocycles. The summed E-state index contributed by atoms with van der Waals surface area (Å²) in [5, 5.41) is 8.77. The van der Waals surface area contributed by atoms with Crippen molar-refractivity contribution in [2.45, 2.75) is 66.2 Å². The van der Waals surface area contributed by atoms with E-state index < -0.39 is 5.97 Å². The van der Waals surface area contributed by atoms with Crippen molar-refractivity contribution in [1.82, 2.24) is 0 Å². The van der Waals surface area contributed by atoms with Crippen LogP contribution in [0.5, 0.6) is 0 Å². The van der Waals surface area contributed by atoms with Gasteiger partial charge < -0.3 is 5.11 Å². The maximum Gasteiger partial charge on any atom is 0.306 e. The first kappa shape index (κ1) is 15.5. The highest BCUT2D eigenvalue weighted by Crippen LogP contribution is 2.19. The number of aliphatic carboxylic acids is 1. The number of carboxylic acid groups (broad SMARTS) is 1. The van der Waals surface area contributed by atoms with Crippen LogP contribution in [-0.2, 0) is 4.79 Å². The lowest BCUT2D eigenvalue weighted by molar-refractivity contribution is -0.141. The molecule has 0 aromatic carbocycles. The van der Waals surface area contributed by atoms with E-state index in [1.54, 1.807) is 6.92 Å². The molecule has 2 heteroatoms. The van der Waals surface area contributed by atoms with Crippen molar-refractivity contribution >= 4 is 5.97 Å². The lowest BCUT2D eigenvalue weighted by Gasteiger charge is -2.13. The molecular formula is C14H28O2. The summed E-state index contributed by atoms with van der Waals surface area (Å²) in [6, 6.07) is 0. The fourth-order valence-corrected chi connectivity index (χ4v) is 1.85. The van der Waals surface area contributed by atoms with E-state index in [4.69, 9.17) is 5.11 Å². The zero-order valence-electron chi connectivity index (χ0n) is 11.3. The third-order valence-corrected chi connectivity index (χ3v) is 3.24. The van der Waals surface area contributed by atoms with Crippen molar-refractivity contribution < 1.29 is 9.90 Å². The molecule has 0 heterocycles. The second-order valence-corrected chi connectivity index (χ2v) is 5.60. The predicted octanol–water partition coefficient (Wildman–Crippen LogP) is 4.34. The van der Waals surface area contributed by atoms with E-state index in [0.29, 0.717) is 5.92 Å². The standard InChI is InChI=1S/C14H28O2/c1-11(2)7-5-6-8-12(3)9-10-13(4)14(15)16/h11-13H,5-10H2,1-4H3,(H,15,16). The van der Waals surface area contributed by atoms with Crippen LogP contribution in [0.1, 0.15) is 66.2 Å². The number of hydrogen-bond donors (Lipinski definition) is 1. The molecule has 0 aromatic rings. The molecule has 0 radical (unpaired) electrons. The van der Waals surface area contributed by atoms with E-state index in [0.717, 1.165) is 18.8 Å². The molecule has 0 aromatic heterocycles. The van der Waals surface area contributed by atoms with Crippen molar-refractivity contribution in [3.05, 3.63) is 0 Å². The van der Waals surface area contributed by atoms with Crippen LogP contribution in [-0.4, -0.2) is 11.1 Å². The second kappa shape index (κ2) is 8.60. The van der Waals surface area contributed by atoms with E-state index in [1.165, 1.54) is 25.7 Å². The van der Waals surface area contributed by atoms with Gasteiger partial charge in [-0.15, -0.1) is 0 Å². The summed E-state index contributed by atoms with van der Waals surface area (Å²) in [7, 11) is 0. The fraction of sp³-hybridized carbons (Fsp3) is 0.929. The van der Waals surface area contributed by atoms with Gasteiger partial charge in [0, 0.05) is 0 Å². The Balaban J connectivity index is 3.44. The van der Waals surface area contributed by atoms with Crippen LogP contribution >= 0.6 is 0 Å². The van der Waals surface area contributed by atoms with Gasteiger partial charge in [0.1, 0.15) is 0 Å². The summed E-state index contributed by atoms with van der Waals surface area (Å²) < 4.78 is 0. The molecule has 0 fully saturated rings. The minimum Gasteiger partial charge on any atom is -0.481 e. The fourth-order valence-electron chi connectivity index (χ4n) is 1.85. The SMILES string of the molecule is CC(C)CCCCC(C)CCC(C)C(=O)O. The van der Waals surface area contributed by atoms with Gasteiger partial charge in [0.25, 0.3) is 0 Å². The Bertz CT molecular complexity index is 187. The molecule has 0 aliphatic carbocycles. The molecule has 96 valence electrons. The Labute approximate surface area is 100 Å². The van der Waals surface area contributed by atoms with E-state index in [2.05, 4.69) is 20.8 Å². The average molecular weight is 228 g/mol. The number of unbranched alkanes of at least 4 members (excludes halogenated alkanes) is 1. The summed E-state index contributed by atoms with van der Waals surface area (Å²) in [5.74, 6) is 0.640. The average Bonchev–Trinajstić information content (AvgIpc) is 2.20. The largest absolute Gasteiger partial charge is 0.481 e. The Morgan fingerprint density at radius 2 is 1.50 bits per heavy atom. The van der Waals surface area contributed by atoms with Crippen LogP contribution in [0.15, 0.2) is 0 Å². The lowest BCUT2D eigenvalue weighted by Crippen LogP contribution is -2.10. The smallest absolute Gasteiger partial charge is 0.306 e. The predicted molar refractivity (Wildman–Crippen MR) is 68.5 cm³/mol. The summed E-state index contributed by atoms with van der Waals surface area (Å²) >= 11 is 0. The highest BCUT2D eigenvalue weighted by Gasteiger charge is 2.12. The maximum absolute atomic E-state index is 10.6. The molecule has 0 saturated carbocycles. The molecule has 1 N–H and O–H groups in total. The minimum atomic E-state index is -0.660. The van der Waals surface area contributed by atoms with Crippen LogP contribution in [0.3, 0.4) is 0 Å². The van der Waals surface area contributed by atoms with Crippen LogP contribution < -0.4 is 0 Å². The van der Waals surface area contributed by atoms with Crippen molar-refractivity contribution in [2.24, 2.45) is 17.8 Å². The van der Waals surface area contributed by atoms with Crippen molar-refractivity contribution in [1.29, 1.82) is 0 Å². The summed E-state index contributed by atoms with van der Waals surface area (Å²) in [6.07, 6.45) is 7.05. The van der Waals surface area contributed by atoms with Crippen LogP contribution in [0.25, 0.3) is 0 Å². The van der Waals surface area contributed by atoms with Gasteiger partial charge in [0.2, 0.25) is 0 Å². The second-order valence-electron chi connectivity index (χ2n) is 5.60. The van der Waals surface area contributed by atoms with Gasteiger partial charge >= 0.3 is 5.97 Å². The Morgan fingerprint density at radius 1 is 0.938 bits per heavy atom. The summed E-state index contributed by atoms with van der Waals surface area (Å²) in [6.45, 7) is 8.56. The number of carboxylic acids is 1. The van der Waals surface area contributed by atoms with E-state index >= 15 is 0 Å². The van der Waals surface area contributed by atoms with Crippen LogP contribution in [0, 0.1) is 17.8 Å². The van der Waals surface area contributed by atoms with Gasteiger partial charge in [-0.05, 0) is 24.7 Å². The van der Waals surface area contributed by atoms with Gasteiger partial charge in [0.15, 0.2) is 0 Å². The Hall–Kier alpha value is -0.530. The molecule has 0 amide bonds. The van der Waals surface area contributed by atoms with Crippen molar-refractivity contribution in [2.75, 3.05) is 0 Å². The molecule has 0 bridgehead atoms. The van der Waals surface area contributed by atoms with E-state index in [9.17, 15) is 4.79 Å². The highest BCUT2D eigenvalue weighted by atomic mass is 16.4. The monoisotopic (exact) mass is 228 g/mol. The minimum absolute atomic E-state index is 0.182. The van der Waals surface area contributed by atoms with Gasteiger partial charge in [-0.3, -0.25) is 4.79 Å². The van der Waals surface area contributed by atoms with Gasteiger partial charge in [-0.2, -0.15) is 0 Å². The third kappa shape index (κ3) is 8.75. The van der Waals surface area contributed by atoms with Crippen molar-refractivity contribution in [3.8, 4) is 0 Å². The highest BCUT2D eigenvalue weighted by molar-refractivity contribution is 5.69. The Morgan fingerprint density at radius 3 is 2.00 bits per heavy atom. The number of carbonyl (C=O) groups is 1. The van der Waals surface area contributed by atoms with Gasteiger partial charge in [0.05, 0.1) is 5.92 Å². The first-order valence-corrected chi connectivity index (χ1v) is 6.66. The molecule has 0 spiro atoms. The summed E-state index contributed by atoms with van der Waals surface area (Å²) in [5.41, 5.74) is 0. The van der Waals surface area contributed by atoms with Crippen LogP contribution in [0.4, 0.5) is 0 Å². The van der Waals surface area contributed by atoms with Crippen molar-refractivity contribution in [3.63, 3.8) is 0 Å². The quantitative estimate of drug-likeness (QED) is 0.596.